The minimum Gasteiger partial charge on any atom is -0.452 e. The highest BCUT2D eigenvalue weighted by atomic mass is 19.4. The molecule has 2 aliphatic carbocycles. The van der Waals surface area contributed by atoms with E-state index in [1.54, 1.807) is 0 Å². The van der Waals surface area contributed by atoms with Gasteiger partial charge in [-0.1, -0.05) is 6.92 Å². The first-order valence-corrected chi connectivity index (χ1v) is 5.14. The molecular weight excluding hydrogens is 209 g/mol. The average molecular weight is 222 g/mol. The SMILES string of the molecule is CC1CC2CCC1(OC(=O)C(F)(F)F)C2. The molecule has 0 spiro atoms. The molecule has 0 aromatic rings. The van der Waals surface area contributed by atoms with Gasteiger partial charge in [0.2, 0.25) is 0 Å². The van der Waals surface area contributed by atoms with Crippen molar-refractivity contribution in [1.29, 1.82) is 0 Å². The van der Waals surface area contributed by atoms with Gasteiger partial charge in [0, 0.05) is 0 Å². The van der Waals surface area contributed by atoms with Crippen LogP contribution in [0.3, 0.4) is 0 Å². The number of rotatable bonds is 1. The lowest BCUT2D eigenvalue weighted by atomic mass is 9.86. The van der Waals surface area contributed by atoms with E-state index in [-0.39, 0.29) is 5.92 Å². The molecule has 3 unspecified atom stereocenters. The number of fused-ring (bicyclic) bond motifs is 2. The Hall–Kier alpha value is -0.740. The van der Waals surface area contributed by atoms with Gasteiger partial charge in [-0.05, 0) is 37.5 Å². The zero-order chi connectivity index (χ0) is 11.3. The lowest BCUT2D eigenvalue weighted by Gasteiger charge is -2.32. The quantitative estimate of drug-likeness (QED) is 0.637. The number of carbonyl (C=O) groups excluding carboxylic acids is 1. The first kappa shape index (κ1) is 10.8. The average Bonchev–Trinajstić information content (AvgIpc) is 2.59. The topological polar surface area (TPSA) is 26.3 Å². The number of alkyl halides is 3. The fourth-order valence-electron chi connectivity index (χ4n) is 2.94. The Morgan fingerprint density at radius 1 is 1.47 bits per heavy atom. The molecule has 0 aromatic heterocycles. The van der Waals surface area contributed by atoms with Gasteiger partial charge in [-0.15, -0.1) is 0 Å². The smallest absolute Gasteiger partial charge is 0.452 e. The molecule has 0 radical (unpaired) electrons. The van der Waals surface area contributed by atoms with Crippen molar-refractivity contribution in [2.24, 2.45) is 11.8 Å². The van der Waals surface area contributed by atoms with Gasteiger partial charge in [0.1, 0.15) is 5.60 Å². The summed E-state index contributed by atoms with van der Waals surface area (Å²) in [6.07, 6.45) is -1.91. The first-order valence-electron chi connectivity index (χ1n) is 5.14. The van der Waals surface area contributed by atoms with Crippen LogP contribution in [0, 0.1) is 11.8 Å². The number of esters is 1. The third kappa shape index (κ3) is 1.72. The van der Waals surface area contributed by atoms with Gasteiger partial charge >= 0.3 is 12.1 Å². The van der Waals surface area contributed by atoms with E-state index in [9.17, 15) is 18.0 Å². The van der Waals surface area contributed by atoms with Gasteiger partial charge in [-0.3, -0.25) is 0 Å². The van der Waals surface area contributed by atoms with E-state index in [0.29, 0.717) is 18.8 Å². The molecule has 3 atom stereocenters. The van der Waals surface area contributed by atoms with Crippen LogP contribution in [0.5, 0.6) is 0 Å². The second-order valence-electron chi connectivity index (χ2n) is 4.70. The summed E-state index contributed by atoms with van der Waals surface area (Å²) >= 11 is 0. The monoisotopic (exact) mass is 222 g/mol. The van der Waals surface area contributed by atoms with Gasteiger partial charge < -0.3 is 4.74 Å². The highest BCUT2D eigenvalue weighted by Gasteiger charge is 2.56. The van der Waals surface area contributed by atoms with Crippen LogP contribution in [0.15, 0.2) is 0 Å². The molecular formula is C10H13F3O2. The predicted octanol–water partition coefficient (Wildman–Crippen LogP) is 2.67. The summed E-state index contributed by atoms with van der Waals surface area (Å²) < 4.78 is 40.9. The Morgan fingerprint density at radius 2 is 2.13 bits per heavy atom. The largest absolute Gasteiger partial charge is 0.490 e. The maximum Gasteiger partial charge on any atom is 0.490 e. The zero-order valence-corrected chi connectivity index (χ0v) is 8.43. The third-order valence-electron chi connectivity index (χ3n) is 3.72. The van der Waals surface area contributed by atoms with E-state index < -0.39 is 17.7 Å². The van der Waals surface area contributed by atoms with Crippen LogP contribution in [0.4, 0.5) is 13.2 Å². The zero-order valence-electron chi connectivity index (χ0n) is 8.43. The number of carbonyl (C=O) groups is 1. The Bertz CT molecular complexity index is 287. The highest BCUT2D eigenvalue weighted by molar-refractivity contribution is 5.76. The summed E-state index contributed by atoms with van der Waals surface area (Å²) in [7, 11) is 0. The number of hydrogen-bond acceptors (Lipinski definition) is 2. The lowest BCUT2D eigenvalue weighted by molar-refractivity contribution is -0.216. The standard InChI is InChI=1S/C10H13F3O2/c1-6-4-7-2-3-9(6,5-7)15-8(14)10(11,12)13/h6-7H,2-5H2,1H3. The van der Waals surface area contributed by atoms with Crippen LogP contribution >= 0.6 is 0 Å². The minimum atomic E-state index is -4.87. The van der Waals surface area contributed by atoms with E-state index >= 15 is 0 Å². The Morgan fingerprint density at radius 3 is 2.53 bits per heavy atom. The Labute approximate surface area is 85.8 Å². The molecule has 0 aliphatic heterocycles. The van der Waals surface area contributed by atoms with Crippen molar-refractivity contribution in [2.45, 2.75) is 44.4 Å². The number of ether oxygens (including phenoxy) is 1. The molecule has 2 nitrogen and oxygen atoms in total. The van der Waals surface area contributed by atoms with Crippen molar-refractivity contribution >= 4 is 5.97 Å². The highest BCUT2D eigenvalue weighted by Crippen LogP contribution is 2.53. The first-order chi connectivity index (χ1) is 6.83. The van der Waals surface area contributed by atoms with E-state index in [4.69, 9.17) is 4.74 Å². The van der Waals surface area contributed by atoms with Crippen LogP contribution in [0.2, 0.25) is 0 Å². The Balaban J connectivity index is 2.08. The summed E-state index contributed by atoms with van der Waals surface area (Å²) in [5.41, 5.74) is -0.822. The van der Waals surface area contributed by atoms with Crippen molar-refractivity contribution in [2.75, 3.05) is 0 Å². The molecule has 86 valence electrons. The van der Waals surface area contributed by atoms with Gasteiger partial charge in [-0.25, -0.2) is 4.79 Å². The van der Waals surface area contributed by atoms with Crippen molar-refractivity contribution in [3.05, 3.63) is 0 Å². The summed E-state index contributed by atoms with van der Waals surface area (Å²) in [6, 6.07) is 0. The van der Waals surface area contributed by atoms with Crippen LogP contribution in [-0.2, 0) is 9.53 Å². The molecule has 2 aliphatic rings. The normalized spacial score (nSPS) is 39.5. The van der Waals surface area contributed by atoms with Crippen LogP contribution in [-0.4, -0.2) is 17.7 Å². The Kier molecular flexibility index (Phi) is 2.24. The van der Waals surface area contributed by atoms with Crippen molar-refractivity contribution in [3.63, 3.8) is 0 Å². The molecule has 0 heterocycles. The van der Waals surface area contributed by atoms with Gasteiger partial charge in [0.25, 0.3) is 0 Å². The molecule has 15 heavy (non-hydrogen) atoms. The van der Waals surface area contributed by atoms with Crippen molar-refractivity contribution in [1.82, 2.24) is 0 Å². The van der Waals surface area contributed by atoms with Crippen molar-refractivity contribution in [3.8, 4) is 0 Å². The molecule has 0 saturated heterocycles. The molecule has 2 rings (SSSR count). The molecule has 2 saturated carbocycles. The molecule has 5 heteroatoms. The van der Waals surface area contributed by atoms with Gasteiger partial charge in [0.05, 0.1) is 0 Å². The number of hydrogen-bond donors (Lipinski definition) is 0. The number of halogens is 3. The van der Waals surface area contributed by atoms with Crippen molar-refractivity contribution < 1.29 is 22.7 Å². The van der Waals surface area contributed by atoms with E-state index in [1.807, 2.05) is 6.92 Å². The van der Waals surface area contributed by atoms with Gasteiger partial charge in [-0.2, -0.15) is 13.2 Å². The second-order valence-corrected chi connectivity index (χ2v) is 4.70. The fourth-order valence-corrected chi connectivity index (χ4v) is 2.94. The van der Waals surface area contributed by atoms with Crippen LogP contribution in [0.1, 0.15) is 32.6 Å². The maximum atomic E-state index is 12.1. The van der Waals surface area contributed by atoms with E-state index in [2.05, 4.69) is 0 Å². The molecule has 2 bridgehead atoms. The summed E-state index contributed by atoms with van der Waals surface area (Å²) in [5, 5.41) is 0. The second kappa shape index (κ2) is 3.12. The van der Waals surface area contributed by atoms with Crippen LogP contribution in [0.25, 0.3) is 0 Å². The minimum absolute atomic E-state index is 0.0579. The van der Waals surface area contributed by atoms with E-state index in [1.165, 1.54) is 0 Å². The van der Waals surface area contributed by atoms with E-state index in [0.717, 1.165) is 12.8 Å². The van der Waals surface area contributed by atoms with Gasteiger partial charge in [0.15, 0.2) is 0 Å². The maximum absolute atomic E-state index is 12.1. The lowest BCUT2D eigenvalue weighted by Crippen LogP contribution is -2.41. The summed E-state index contributed by atoms with van der Waals surface area (Å²) in [5.74, 6) is -1.53. The summed E-state index contributed by atoms with van der Waals surface area (Å²) in [6.45, 7) is 1.86. The third-order valence-corrected chi connectivity index (χ3v) is 3.72. The fraction of sp³-hybridized carbons (Fsp3) is 0.900. The molecule has 0 amide bonds. The molecule has 0 N–H and O–H groups in total. The summed E-state index contributed by atoms with van der Waals surface area (Å²) in [4.78, 5) is 10.8. The predicted molar refractivity (Wildman–Crippen MR) is 46.0 cm³/mol. The molecule has 0 aromatic carbocycles. The molecule has 2 fully saturated rings. The van der Waals surface area contributed by atoms with Crippen LogP contribution < -0.4 is 0 Å².